The minimum Gasteiger partial charge on any atom is -0.269 e. The van der Waals surface area contributed by atoms with Gasteiger partial charge in [-0.05, 0) is 5.19 Å². The minimum absolute atomic E-state index is 0.585. The van der Waals surface area contributed by atoms with Crippen molar-refractivity contribution in [3.8, 4) is 0 Å². The first-order chi connectivity index (χ1) is 4.93. The molecule has 0 aromatic heterocycles. The van der Waals surface area contributed by atoms with Gasteiger partial charge in [-0.1, -0.05) is 30.3 Å². The van der Waals surface area contributed by atoms with Gasteiger partial charge in [0.15, 0.2) is 9.68 Å². The lowest BCUT2D eigenvalue weighted by Crippen LogP contribution is -2.09. The minimum atomic E-state index is -0.585. The number of hydrogen-bond donors (Lipinski definition) is 1. The number of nitrogens with one attached hydrogen (secondary N) is 1. The maximum absolute atomic E-state index is 6.57. The maximum Gasteiger partial charge on any atom is 0.195 e. The van der Waals surface area contributed by atoms with Crippen molar-refractivity contribution < 1.29 is 0 Å². The Morgan fingerprint density at radius 1 is 1.30 bits per heavy atom. The van der Waals surface area contributed by atoms with E-state index in [1.54, 1.807) is 0 Å². The summed E-state index contributed by atoms with van der Waals surface area (Å²) in [4.78, 5) is 0. The summed E-state index contributed by atoms with van der Waals surface area (Å²) in [5.74, 6) is 0. The van der Waals surface area contributed by atoms with Crippen molar-refractivity contribution in [2.45, 2.75) is 0 Å². The van der Waals surface area contributed by atoms with Crippen LogP contribution < -0.4 is 5.19 Å². The van der Waals surface area contributed by atoms with Gasteiger partial charge in [0, 0.05) is 0 Å². The standard InChI is InChI=1S/C7H8N2Si/c8-6-9-10-7-4-2-1-3-5-7/h1-5,8H,10H2. The van der Waals surface area contributed by atoms with Crippen LogP contribution in [-0.4, -0.2) is 15.7 Å². The molecular weight excluding hydrogens is 140 g/mol. The van der Waals surface area contributed by atoms with Crippen molar-refractivity contribution in [1.82, 2.24) is 0 Å². The van der Waals surface area contributed by atoms with E-state index in [-0.39, 0.29) is 0 Å². The fourth-order valence-electron chi connectivity index (χ4n) is 0.714. The van der Waals surface area contributed by atoms with Crippen molar-refractivity contribution in [1.29, 1.82) is 5.41 Å². The van der Waals surface area contributed by atoms with Crippen LogP contribution in [0.25, 0.3) is 0 Å². The van der Waals surface area contributed by atoms with E-state index in [0.29, 0.717) is 0 Å². The highest BCUT2D eigenvalue weighted by Crippen LogP contribution is 1.80. The molecule has 50 valence electrons. The van der Waals surface area contributed by atoms with Crippen LogP contribution in [0.1, 0.15) is 0 Å². The maximum atomic E-state index is 6.57. The van der Waals surface area contributed by atoms with Crippen molar-refractivity contribution in [2.75, 3.05) is 0 Å². The van der Waals surface area contributed by atoms with Gasteiger partial charge in [0.2, 0.25) is 0 Å². The third-order valence-electron chi connectivity index (χ3n) is 1.18. The van der Waals surface area contributed by atoms with Crippen molar-refractivity contribution in [3.05, 3.63) is 30.3 Å². The van der Waals surface area contributed by atoms with Gasteiger partial charge in [-0.25, -0.2) is 5.41 Å². The fourth-order valence-corrected chi connectivity index (χ4v) is 1.46. The third kappa shape index (κ3) is 1.97. The summed E-state index contributed by atoms with van der Waals surface area (Å²) in [6, 6.07) is 12.1. The molecule has 0 atom stereocenters. The van der Waals surface area contributed by atoms with Crippen LogP contribution in [0.2, 0.25) is 0 Å². The number of hydrogen-bond acceptors (Lipinski definition) is 2. The molecule has 1 N–H and O–H groups in total. The largest absolute Gasteiger partial charge is 0.269 e. The average Bonchev–Trinajstić information content (AvgIpc) is 2.03. The van der Waals surface area contributed by atoms with Crippen LogP contribution in [0.15, 0.2) is 35.0 Å². The summed E-state index contributed by atoms with van der Waals surface area (Å²) in [6.45, 7) is 0. The Hall–Kier alpha value is -1.18. The molecule has 1 aromatic carbocycles. The summed E-state index contributed by atoms with van der Waals surface area (Å²) in [7, 11) is -0.585. The lowest BCUT2D eigenvalue weighted by molar-refractivity contribution is 1.56. The Morgan fingerprint density at radius 2 is 2.00 bits per heavy atom. The highest BCUT2D eigenvalue weighted by Gasteiger charge is 1.85. The van der Waals surface area contributed by atoms with Crippen LogP contribution in [0.4, 0.5) is 0 Å². The van der Waals surface area contributed by atoms with E-state index < -0.39 is 9.68 Å². The Bertz CT molecular complexity index is 239. The second kappa shape index (κ2) is 3.77. The molecular formula is C7H8N2Si. The molecule has 3 heteroatoms. The SMILES string of the molecule is N=C=N[SiH2]c1ccccc1. The second-order valence-corrected chi connectivity index (χ2v) is 3.36. The molecule has 0 saturated carbocycles. The van der Waals surface area contributed by atoms with Crippen LogP contribution in [0.3, 0.4) is 0 Å². The zero-order valence-corrected chi connectivity index (χ0v) is 6.96. The van der Waals surface area contributed by atoms with Gasteiger partial charge in [-0.15, -0.1) is 0 Å². The molecule has 1 rings (SSSR count). The van der Waals surface area contributed by atoms with Crippen LogP contribution in [-0.2, 0) is 0 Å². The summed E-state index contributed by atoms with van der Waals surface area (Å²) in [5.41, 5.74) is 0. The molecule has 0 bridgehead atoms. The molecule has 0 aliphatic carbocycles. The quantitative estimate of drug-likeness (QED) is 0.458. The molecule has 2 nitrogen and oxygen atoms in total. The Balaban J connectivity index is 2.67. The molecule has 0 unspecified atom stereocenters. The van der Waals surface area contributed by atoms with Gasteiger partial charge in [0.25, 0.3) is 0 Å². The molecule has 10 heavy (non-hydrogen) atoms. The van der Waals surface area contributed by atoms with Gasteiger partial charge >= 0.3 is 0 Å². The smallest absolute Gasteiger partial charge is 0.195 e. The van der Waals surface area contributed by atoms with Gasteiger partial charge in [-0.3, -0.25) is 4.66 Å². The zero-order valence-electron chi connectivity index (χ0n) is 5.54. The van der Waals surface area contributed by atoms with Gasteiger partial charge < -0.3 is 0 Å². The van der Waals surface area contributed by atoms with E-state index in [4.69, 9.17) is 5.41 Å². The van der Waals surface area contributed by atoms with Crippen molar-refractivity contribution in [3.63, 3.8) is 0 Å². The molecule has 0 aliphatic rings. The second-order valence-electron chi connectivity index (χ2n) is 1.91. The van der Waals surface area contributed by atoms with E-state index >= 15 is 0 Å². The van der Waals surface area contributed by atoms with Crippen molar-refractivity contribution >= 4 is 20.9 Å². The molecule has 0 spiro atoms. The fraction of sp³-hybridized carbons (Fsp3) is 0. The van der Waals surface area contributed by atoms with E-state index in [2.05, 4.69) is 10.7 Å². The van der Waals surface area contributed by atoms with Gasteiger partial charge in [0.05, 0.1) is 6.01 Å². The topological polar surface area (TPSA) is 36.2 Å². The first-order valence-corrected chi connectivity index (χ1v) is 4.39. The molecule has 0 saturated heterocycles. The van der Waals surface area contributed by atoms with E-state index in [0.717, 1.165) is 0 Å². The first-order valence-electron chi connectivity index (χ1n) is 3.05. The van der Waals surface area contributed by atoms with Gasteiger partial charge in [-0.2, -0.15) is 0 Å². The number of rotatable bonds is 2. The number of nitrogens with zero attached hydrogens (tertiary/aromatic N) is 1. The molecule has 0 aliphatic heterocycles. The van der Waals surface area contributed by atoms with Crippen LogP contribution in [0, 0.1) is 5.41 Å². The molecule has 0 radical (unpaired) electrons. The predicted molar refractivity (Wildman–Crippen MR) is 44.8 cm³/mol. The highest BCUT2D eigenvalue weighted by atomic mass is 28.2. The van der Waals surface area contributed by atoms with E-state index in [9.17, 15) is 0 Å². The van der Waals surface area contributed by atoms with Crippen molar-refractivity contribution in [2.24, 2.45) is 4.66 Å². The third-order valence-corrected chi connectivity index (χ3v) is 2.34. The van der Waals surface area contributed by atoms with Crippen LogP contribution >= 0.6 is 0 Å². The van der Waals surface area contributed by atoms with Crippen LogP contribution in [0.5, 0.6) is 0 Å². The summed E-state index contributed by atoms with van der Waals surface area (Å²) in [6.07, 6.45) is 0. The zero-order chi connectivity index (χ0) is 7.23. The summed E-state index contributed by atoms with van der Waals surface area (Å²) >= 11 is 0. The highest BCUT2D eigenvalue weighted by molar-refractivity contribution is 6.52. The Morgan fingerprint density at radius 3 is 2.60 bits per heavy atom. The Labute approximate surface area is 62.0 Å². The van der Waals surface area contributed by atoms with Gasteiger partial charge in [0.1, 0.15) is 0 Å². The predicted octanol–water partition coefficient (Wildman–Crippen LogP) is 0.148. The normalized spacial score (nSPS) is 9.60. The summed E-state index contributed by atoms with van der Waals surface area (Å²) < 4.78 is 3.80. The average molecular weight is 148 g/mol. The Kier molecular flexibility index (Phi) is 2.61. The molecule has 0 amide bonds. The number of benzene rings is 1. The molecule has 0 fully saturated rings. The molecule has 0 heterocycles. The lowest BCUT2D eigenvalue weighted by Gasteiger charge is -1.89. The van der Waals surface area contributed by atoms with E-state index in [1.165, 1.54) is 5.19 Å². The first kappa shape index (κ1) is 6.93. The van der Waals surface area contributed by atoms with E-state index in [1.807, 2.05) is 30.3 Å². The monoisotopic (exact) mass is 148 g/mol. The lowest BCUT2D eigenvalue weighted by atomic mass is 10.4. The molecule has 1 aromatic rings. The summed E-state index contributed by atoms with van der Waals surface area (Å²) in [5, 5.41) is 7.82.